The largest absolute Gasteiger partial charge is 0.371 e. The normalized spacial score (nSPS) is 16.8. The number of carbonyl (C=O) groups is 1. The second kappa shape index (κ2) is 8.68. The number of hydrogen-bond acceptors (Lipinski definition) is 5. The highest BCUT2D eigenvalue weighted by Crippen LogP contribution is 2.27. The van der Waals surface area contributed by atoms with Crippen molar-refractivity contribution in [2.75, 3.05) is 5.32 Å². The smallest absolute Gasteiger partial charge is 0.210 e. The molecule has 0 saturated carbocycles. The summed E-state index contributed by atoms with van der Waals surface area (Å²) < 4.78 is 8.88. The molecule has 0 unspecified atom stereocenters. The van der Waals surface area contributed by atoms with E-state index in [2.05, 4.69) is 26.2 Å². The van der Waals surface area contributed by atoms with Crippen LogP contribution in [0.1, 0.15) is 28.5 Å². The van der Waals surface area contributed by atoms with E-state index in [0.29, 0.717) is 29.6 Å². The maximum absolute atomic E-state index is 13.7. The van der Waals surface area contributed by atoms with Gasteiger partial charge in [0.1, 0.15) is 23.2 Å². The van der Waals surface area contributed by atoms with Gasteiger partial charge in [-0.3, -0.25) is 14.2 Å². The van der Waals surface area contributed by atoms with Gasteiger partial charge in [0.05, 0.1) is 12.7 Å². The topological polar surface area (TPSA) is 68.0 Å². The predicted molar refractivity (Wildman–Crippen MR) is 128 cm³/mol. The molecular weight excluding hydrogens is 468 g/mol. The number of imidazole rings is 1. The molecule has 0 fully saturated rings. The number of carbonyl (C=O) groups excluding carboxylic acids is 1. The van der Waals surface area contributed by atoms with Gasteiger partial charge in [0.2, 0.25) is 5.78 Å². The zero-order chi connectivity index (χ0) is 22.1. The van der Waals surface area contributed by atoms with Crippen LogP contribution in [0.3, 0.4) is 0 Å². The van der Waals surface area contributed by atoms with Crippen LogP contribution < -0.4 is 5.32 Å². The third-order valence-corrected chi connectivity index (χ3v) is 5.98. The van der Waals surface area contributed by atoms with Gasteiger partial charge in [0.15, 0.2) is 5.82 Å². The molecule has 1 aliphatic rings. The van der Waals surface area contributed by atoms with Crippen molar-refractivity contribution in [1.29, 1.82) is 0 Å². The highest BCUT2D eigenvalue weighted by molar-refractivity contribution is 9.10. The first-order valence-electron chi connectivity index (χ1n) is 10.4. The fourth-order valence-corrected chi connectivity index (χ4v) is 4.03. The summed E-state index contributed by atoms with van der Waals surface area (Å²) in [6.07, 6.45) is 1.41. The number of rotatable bonds is 5. The first-order chi connectivity index (χ1) is 15.6. The minimum absolute atomic E-state index is 0.126. The van der Waals surface area contributed by atoms with E-state index in [1.54, 1.807) is 0 Å². The van der Waals surface area contributed by atoms with Gasteiger partial charge in [-0.05, 0) is 36.8 Å². The summed E-state index contributed by atoms with van der Waals surface area (Å²) in [5.74, 6) is 0.965. The third-order valence-electron chi connectivity index (χ3n) is 5.45. The molecule has 160 valence electrons. The lowest BCUT2D eigenvalue weighted by Gasteiger charge is -2.20. The van der Waals surface area contributed by atoms with E-state index >= 15 is 0 Å². The number of ketones is 1. The summed E-state index contributed by atoms with van der Waals surface area (Å²) in [5.41, 5.74) is 3.10. The molecular formula is C25H21BrN4O2. The van der Waals surface area contributed by atoms with Crippen LogP contribution in [-0.2, 0) is 11.3 Å². The summed E-state index contributed by atoms with van der Waals surface area (Å²) in [4.78, 5) is 23.2. The van der Waals surface area contributed by atoms with Crippen molar-refractivity contribution in [2.45, 2.75) is 25.7 Å². The Balaban J connectivity index is 1.55. The first kappa shape index (κ1) is 20.6. The van der Waals surface area contributed by atoms with E-state index in [9.17, 15) is 4.79 Å². The summed E-state index contributed by atoms with van der Waals surface area (Å²) in [5, 5.41) is 3.30. The Morgan fingerprint density at radius 1 is 1.06 bits per heavy atom. The number of aromatic nitrogens is 2. The van der Waals surface area contributed by atoms with Gasteiger partial charge in [-0.15, -0.1) is 0 Å². The number of ether oxygens (including phenoxy) is 1. The molecule has 2 atom stereocenters. The van der Waals surface area contributed by atoms with Crippen molar-refractivity contribution in [1.82, 2.24) is 9.38 Å². The molecule has 3 heterocycles. The fourth-order valence-electron chi connectivity index (χ4n) is 3.77. The predicted octanol–water partition coefficient (Wildman–Crippen LogP) is 5.13. The SMILES string of the molecule is C[C@@H](OCc1ccccc1)[C@@H]1N=C(c2ccc(Br)cc2)Nc2nc3ccccn3c2C1=O. The molecule has 0 amide bonds. The average molecular weight is 489 g/mol. The Kier molecular flexibility index (Phi) is 5.59. The van der Waals surface area contributed by atoms with Crippen LogP contribution in [0.2, 0.25) is 0 Å². The van der Waals surface area contributed by atoms with Gasteiger partial charge in [-0.1, -0.05) is 64.5 Å². The van der Waals surface area contributed by atoms with Crippen LogP contribution in [0.4, 0.5) is 5.82 Å². The Morgan fingerprint density at radius 2 is 1.81 bits per heavy atom. The molecule has 1 N–H and O–H groups in total. The average Bonchev–Trinajstić information content (AvgIpc) is 3.12. The number of aliphatic imine (C=N–C) groups is 1. The molecule has 32 heavy (non-hydrogen) atoms. The van der Waals surface area contributed by atoms with Gasteiger partial charge in [-0.25, -0.2) is 4.98 Å². The van der Waals surface area contributed by atoms with Crippen LogP contribution in [0.25, 0.3) is 5.65 Å². The monoisotopic (exact) mass is 488 g/mol. The van der Waals surface area contributed by atoms with Crippen molar-refractivity contribution in [2.24, 2.45) is 4.99 Å². The maximum Gasteiger partial charge on any atom is 0.210 e. The molecule has 0 saturated heterocycles. The summed E-state index contributed by atoms with van der Waals surface area (Å²) in [6.45, 7) is 2.30. The zero-order valence-corrected chi connectivity index (χ0v) is 19.0. The Morgan fingerprint density at radius 3 is 2.59 bits per heavy atom. The molecule has 2 aromatic heterocycles. The van der Waals surface area contributed by atoms with E-state index in [0.717, 1.165) is 15.6 Å². The number of nitrogens with zero attached hydrogens (tertiary/aromatic N) is 3. The molecule has 1 aliphatic heterocycles. The number of anilines is 1. The van der Waals surface area contributed by atoms with Crippen LogP contribution in [0, 0.1) is 0 Å². The summed E-state index contributed by atoms with van der Waals surface area (Å²) >= 11 is 3.47. The fraction of sp³-hybridized carbons (Fsp3) is 0.160. The number of benzene rings is 2. The van der Waals surface area contributed by atoms with Crippen LogP contribution in [0.15, 0.2) is 88.5 Å². The highest BCUT2D eigenvalue weighted by atomic mass is 79.9. The molecule has 5 rings (SSSR count). The second-order valence-corrected chi connectivity index (χ2v) is 8.57. The van der Waals surface area contributed by atoms with Crippen molar-refractivity contribution < 1.29 is 9.53 Å². The molecule has 0 radical (unpaired) electrons. The summed E-state index contributed by atoms with van der Waals surface area (Å²) in [7, 11) is 0. The molecule has 6 nitrogen and oxygen atoms in total. The second-order valence-electron chi connectivity index (χ2n) is 7.66. The lowest BCUT2D eigenvalue weighted by molar-refractivity contribution is 0.0347. The minimum atomic E-state index is -0.716. The lowest BCUT2D eigenvalue weighted by Crippen LogP contribution is -2.33. The Bertz CT molecular complexity index is 1300. The van der Waals surface area contributed by atoms with E-state index in [1.165, 1.54) is 0 Å². The number of halogens is 1. The maximum atomic E-state index is 13.7. The number of fused-ring (bicyclic) bond motifs is 3. The standard InChI is InChI=1S/C25H21BrN4O2/c1-16(32-15-17-7-3-2-4-8-17)21-23(31)22-25(27-20-9-5-6-14-30(20)22)29-24(28-21)18-10-12-19(26)13-11-18/h2-14,16,21H,15H2,1H3,(H,28,29)/t16-,21+/m1/s1. The highest BCUT2D eigenvalue weighted by Gasteiger charge is 2.34. The van der Waals surface area contributed by atoms with Crippen molar-refractivity contribution >= 4 is 39.0 Å². The van der Waals surface area contributed by atoms with Crippen LogP contribution in [0.5, 0.6) is 0 Å². The molecule has 2 aromatic carbocycles. The number of hydrogen-bond donors (Lipinski definition) is 1. The molecule has 0 spiro atoms. The number of pyridine rings is 1. The zero-order valence-electron chi connectivity index (χ0n) is 17.4. The van der Waals surface area contributed by atoms with Gasteiger partial charge in [0, 0.05) is 16.2 Å². The van der Waals surface area contributed by atoms with Crippen molar-refractivity contribution in [3.63, 3.8) is 0 Å². The van der Waals surface area contributed by atoms with Gasteiger partial charge < -0.3 is 10.1 Å². The lowest BCUT2D eigenvalue weighted by atomic mass is 10.1. The number of amidine groups is 1. The van der Waals surface area contributed by atoms with Gasteiger partial charge >= 0.3 is 0 Å². The van der Waals surface area contributed by atoms with Crippen molar-refractivity contribution in [3.05, 3.63) is 100 Å². The number of Topliss-reactive ketones (excluding diaryl/α,β-unsaturated/α-hetero) is 1. The van der Waals surface area contributed by atoms with E-state index in [-0.39, 0.29) is 5.78 Å². The Labute approximate surface area is 194 Å². The third kappa shape index (κ3) is 3.97. The van der Waals surface area contributed by atoms with E-state index in [1.807, 2.05) is 90.3 Å². The van der Waals surface area contributed by atoms with Gasteiger partial charge in [0.25, 0.3) is 0 Å². The van der Waals surface area contributed by atoms with Crippen LogP contribution >= 0.6 is 15.9 Å². The first-order valence-corrected chi connectivity index (χ1v) is 11.2. The van der Waals surface area contributed by atoms with Crippen molar-refractivity contribution in [3.8, 4) is 0 Å². The summed E-state index contributed by atoms with van der Waals surface area (Å²) in [6, 6.07) is 22.7. The number of nitrogens with one attached hydrogen (secondary N) is 1. The van der Waals surface area contributed by atoms with Gasteiger partial charge in [-0.2, -0.15) is 0 Å². The minimum Gasteiger partial charge on any atom is -0.371 e. The molecule has 4 aromatic rings. The molecule has 0 aliphatic carbocycles. The Hall–Kier alpha value is -3.29. The molecule has 7 heteroatoms. The van der Waals surface area contributed by atoms with E-state index in [4.69, 9.17) is 9.73 Å². The van der Waals surface area contributed by atoms with E-state index < -0.39 is 12.1 Å². The quantitative estimate of drug-likeness (QED) is 0.422. The van der Waals surface area contributed by atoms with Crippen LogP contribution in [-0.4, -0.2) is 33.1 Å². The molecule has 0 bridgehead atoms.